The molecule has 0 aliphatic rings. The zero-order chi connectivity index (χ0) is 28.9. The maximum absolute atomic E-state index is 11.3. The lowest BCUT2D eigenvalue weighted by Crippen LogP contribution is -2.33. The lowest BCUT2D eigenvalue weighted by molar-refractivity contribution is -0.138. The van der Waals surface area contributed by atoms with Crippen LogP contribution in [0.1, 0.15) is 162 Å². The maximum atomic E-state index is 11.3. The fraction of sp³-hybridized carbons (Fsp3) is 0.882. The van der Waals surface area contributed by atoms with E-state index in [9.17, 15) is 9.59 Å². The van der Waals surface area contributed by atoms with Gasteiger partial charge < -0.3 is 9.84 Å². The van der Waals surface area contributed by atoms with Crippen LogP contribution in [-0.4, -0.2) is 31.7 Å². The number of esters is 1. The van der Waals surface area contributed by atoms with E-state index < -0.39 is 20.0 Å². The van der Waals surface area contributed by atoms with Crippen molar-refractivity contribution in [1.82, 2.24) is 0 Å². The molecule has 0 saturated carbocycles. The van der Waals surface area contributed by atoms with Crippen LogP contribution in [0.25, 0.3) is 0 Å². The number of carbonyl (C=O) groups excluding carboxylic acids is 1. The summed E-state index contributed by atoms with van der Waals surface area (Å²) in [5.41, 5.74) is 0. The second-order valence-electron chi connectivity index (χ2n) is 12.1. The van der Waals surface area contributed by atoms with Gasteiger partial charge in [0.05, 0.1) is 14.7 Å². The largest absolute Gasteiger partial charge is 0.478 e. The number of carboxylic acids is 1. The van der Waals surface area contributed by atoms with Crippen LogP contribution in [-0.2, 0) is 14.3 Å². The van der Waals surface area contributed by atoms with Crippen molar-refractivity contribution in [1.29, 1.82) is 0 Å². The van der Waals surface area contributed by atoms with Crippen LogP contribution in [0.4, 0.5) is 0 Å². The van der Waals surface area contributed by atoms with Gasteiger partial charge in [-0.05, 0) is 6.42 Å². The number of hydrogen-bond donors (Lipinski definition) is 1. The number of ether oxygens (including phenoxy) is 1. The van der Waals surface area contributed by atoms with E-state index in [0.29, 0.717) is 6.61 Å². The minimum absolute atomic E-state index is 0.377. The Hall–Kier alpha value is -1.10. The van der Waals surface area contributed by atoms with Gasteiger partial charge in [0.1, 0.15) is 0 Å². The maximum Gasteiger partial charge on any atom is 0.331 e. The third kappa shape index (κ3) is 25.6. The fourth-order valence-corrected chi connectivity index (χ4v) is 11.7. The zero-order valence-corrected chi connectivity index (χ0v) is 27.4. The first kappa shape index (κ1) is 37.9. The molecular formula is C34H66O4Si. The molecule has 0 fully saturated rings. The molecule has 0 bridgehead atoms. The van der Waals surface area contributed by atoms with E-state index in [-0.39, 0.29) is 0 Å². The standard InChI is InChI=1S/C34H66O4Si/c1-4-7-29-39(30-8-5-2,31-9-6-3)32-25-23-21-19-17-15-13-11-10-12-14-16-18-20-22-24-28-38-34(37)27-26-33(35)36/h26-27H,4-25,28-32H2,1-3H3,(H,35,36)/b27-26-. The molecular weight excluding hydrogens is 500 g/mol. The minimum atomic E-state index is -1.13. The summed E-state index contributed by atoms with van der Waals surface area (Å²) >= 11 is 0. The number of carbonyl (C=O) groups is 2. The molecule has 0 aliphatic heterocycles. The highest BCUT2D eigenvalue weighted by Gasteiger charge is 2.30. The van der Waals surface area contributed by atoms with Crippen molar-refractivity contribution in [3.05, 3.63) is 12.2 Å². The SMILES string of the molecule is CCCC[Si](CCCC)(CCCC)CCCCCCCCCCCCCCCCCCOC(=O)/C=C\C(=O)O. The number of aliphatic carboxylic acids is 1. The molecule has 39 heavy (non-hydrogen) atoms. The highest BCUT2D eigenvalue weighted by molar-refractivity contribution is 6.79. The second-order valence-corrected chi connectivity index (χ2v) is 17.1. The predicted octanol–water partition coefficient (Wildman–Crippen LogP) is 11.3. The van der Waals surface area contributed by atoms with Crippen LogP contribution < -0.4 is 0 Å². The van der Waals surface area contributed by atoms with Crippen LogP contribution in [0.2, 0.25) is 24.2 Å². The monoisotopic (exact) mass is 566 g/mol. The van der Waals surface area contributed by atoms with Gasteiger partial charge in [0.15, 0.2) is 0 Å². The summed E-state index contributed by atoms with van der Waals surface area (Å²) < 4.78 is 4.98. The van der Waals surface area contributed by atoms with Crippen LogP contribution in [0.3, 0.4) is 0 Å². The van der Waals surface area contributed by atoms with Gasteiger partial charge in [0.25, 0.3) is 0 Å². The van der Waals surface area contributed by atoms with Gasteiger partial charge in [-0.2, -0.15) is 0 Å². The van der Waals surface area contributed by atoms with Gasteiger partial charge >= 0.3 is 11.9 Å². The van der Waals surface area contributed by atoms with Crippen molar-refractivity contribution in [2.45, 2.75) is 186 Å². The molecule has 0 radical (unpaired) electrons. The summed E-state index contributed by atoms with van der Waals surface area (Å²) in [7, 11) is -1.01. The Bertz CT molecular complexity index is 568. The molecule has 0 aliphatic carbocycles. The molecule has 0 heterocycles. The van der Waals surface area contributed by atoms with E-state index in [2.05, 4.69) is 20.8 Å². The Kier molecular flexibility index (Phi) is 27.6. The summed E-state index contributed by atoms with van der Waals surface area (Å²) in [6.45, 7) is 7.51. The first-order chi connectivity index (χ1) is 19.0. The minimum Gasteiger partial charge on any atom is -0.478 e. The van der Waals surface area contributed by atoms with Crippen LogP contribution in [0, 0.1) is 0 Å². The first-order valence-corrected chi connectivity index (χ1v) is 19.9. The average Bonchev–Trinajstić information content (AvgIpc) is 2.93. The summed E-state index contributed by atoms with van der Waals surface area (Å²) in [6, 6.07) is 6.45. The van der Waals surface area contributed by atoms with E-state index in [0.717, 1.165) is 25.0 Å². The Morgan fingerprint density at radius 3 is 1.21 bits per heavy atom. The molecule has 5 heteroatoms. The molecule has 0 unspecified atom stereocenters. The zero-order valence-electron chi connectivity index (χ0n) is 26.4. The number of rotatable bonds is 30. The molecule has 0 spiro atoms. The van der Waals surface area contributed by atoms with Gasteiger partial charge in [-0.25, -0.2) is 9.59 Å². The Morgan fingerprint density at radius 2 is 0.846 bits per heavy atom. The number of hydrogen-bond acceptors (Lipinski definition) is 3. The molecule has 0 aromatic heterocycles. The third-order valence-corrected chi connectivity index (χ3v) is 14.0. The van der Waals surface area contributed by atoms with Gasteiger partial charge in [0, 0.05) is 12.2 Å². The molecule has 0 aromatic carbocycles. The molecule has 0 amide bonds. The van der Waals surface area contributed by atoms with Gasteiger partial charge in [0.2, 0.25) is 0 Å². The van der Waals surface area contributed by atoms with Crippen molar-refractivity contribution < 1.29 is 19.4 Å². The van der Waals surface area contributed by atoms with Crippen molar-refractivity contribution in [2.24, 2.45) is 0 Å². The Balaban J connectivity index is 3.58. The van der Waals surface area contributed by atoms with Crippen LogP contribution >= 0.6 is 0 Å². The van der Waals surface area contributed by atoms with E-state index in [1.807, 2.05) is 0 Å². The highest BCUT2D eigenvalue weighted by atomic mass is 28.3. The summed E-state index contributed by atoms with van der Waals surface area (Å²) in [6.07, 6.45) is 31.7. The van der Waals surface area contributed by atoms with Crippen LogP contribution in [0.15, 0.2) is 12.2 Å². The Morgan fingerprint density at radius 1 is 0.513 bits per heavy atom. The molecule has 230 valence electrons. The normalized spacial score (nSPS) is 11.9. The number of carboxylic acid groups (broad SMARTS) is 1. The van der Waals surface area contributed by atoms with Gasteiger partial charge in [-0.1, -0.05) is 180 Å². The quantitative estimate of drug-likeness (QED) is 0.0406. The lowest BCUT2D eigenvalue weighted by Gasteiger charge is -2.32. The number of unbranched alkanes of at least 4 members (excludes halogenated alkanes) is 18. The van der Waals surface area contributed by atoms with E-state index in [4.69, 9.17) is 9.84 Å². The van der Waals surface area contributed by atoms with Crippen molar-refractivity contribution in [3.63, 3.8) is 0 Å². The average molecular weight is 567 g/mol. The summed E-state index contributed by atoms with van der Waals surface area (Å²) in [4.78, 5) is 21.6. The molecule has 0 rings (SSSR count). The van der Waals surface area contributed by atoms with Crippen molar-refractivity contribution in [3.8, 4) is 0 Å². The van der Waals surface area contributed by atoms with Gasteiger partial charge in [-0.3, -0.25) is 0 Å². The smallest absolute Gasteiger partial charge is 0.331 e. The van der Waals surface area contributed by atoms with Crippen molar-refractivity contribution in [2.75, 3.05) is 6.61 Å². The molecule has 4 nitrogen and oxygen atoms in total. The Labute approximate surface area is 244 Å². The van der Waals surface area contributed by atoms with E-state index in [1.54, 1.807) is 24.2 Å². The lowest BCUT2D eigenvalue weighted by atomic mass is 10.0. The first-order valence-electron chi connectivity index (χ1n) is 17.1. The topological polar surface area (TPSA) is 63.6 Å². The summed E-state index contributed by atoms with van der Waals surface area (Å²) in [5.74, 6) is -1.70. The van der Waals surface area contributed by atoms with E-state index in [1.165, 1.54) is 128 Å². The predicted molar refractivity (Wildman–Crippen MR) is 171 cm³/mol. The van der Waals surface area contributed by atoms with E-state index >= 15 is 0 Å². The highest BCUT2D eigenvalue weighted by Crippen LogP contribution is 2.34. The summed E-state index contributed by atoms with van der Waals surface area (Å²) in [5, 5.41) is 8.47. The molecule has 0 aromatic rings. The molecule has 1 N–H and O–H groups in total. The van der Waals surface area contributed by atoms with Crippen LogP contribution in [0.5, 0.6) is 0 Å². The van der Waals surface area contributed by atoms with Crippen molar-refractivity contribution >= 4 is 20.0 Å². The fourth-order valence-electron chi connectivity index (χ4n) is 5.84. The second kappa shape index (κ2) is 28.4. The van der Waals surface area contributed by atoms with Gasteiger partial charge in [-0.15, -0.1) is 0 Å². The third-order valence-electron chi connectivity index (χ3n) is 8.39. The molecule has 0 saturated heterocycles. The molecule has 0 atom stereocenters.